The van der Waals surface area contributed by atoms with Crippen molar-refractivity contribution in [1.29, 1.82) is 0 Å². The summed E-state index contributed by atoms with van der Waals surface area (Å²) in [6, 6.07) is 9.13. The summed E-state index contributed by atoms with van der Waals surface area (Å²) in [5.41, 5.74) is 7.28. The Hall–Kier alpha value is -3.16. The van der Waals surface area contributed by atoms with Crippen molar-refractivity contribution >= 4 is 22.7 Å². The molecule has 0 saturated heterocycles. The van der Waals surface area contributed by atoms with Crippen LogP contribution in [0.4, 0.5) is 22.7 Å². The zero-order valence-electron chi connectivity index (χ0n) is 12.1. The third kappa shape index (κ3) is 3.29. The minimum Gasteiger partial charge on any atom is -0.495 e. The number of rotatable bonds is 5. The number of azo groups is 1. The van der Waals surface area contributed by atoms with Gasteiger partial charge in [-0.25, -0.2) is 5.21 Å². The lowest BCUT2D eigenvalue weighted by Crippen LogP contribution is -1.93. The summed E-state index contributed by atoms with van der Waals surface area (Å²) in [7, 11) is 3.00. The van der Waals surface area contributed by atoms with E-state index >= 15 is 0 Å². The second-order valence-corrected chi connectivity index (χ2v) is 4.26. The fourth-order valence-corrected chi connectivity index (χ4v) is 1.74. The van der Waals surface area contributed by atoms with Crippen molar-refractivity contribution < 1.29 is 19.6 Å². The van der Waals surface area contributed by atoms with E-state index in [1.165, 1.54) is 26.4 Å². The molecule has 3 N–H and O–H groups in total. The average molecular weight is 303 g/mol. The predicted octanol–water partition coefficient (Wildman–Crippen LogP) is 3.50. The Labute approximate surface area is 126 Å². The molecule has 0 atom stereocenters. The lowest BCUT2D eigenvalue weighted by molar-refractivity contribution is -0.729. The van der Waals surface area contributed by atoms with Crippen LogP contribution >= 0.6 is 0 Å². The number of anilines is 1. The number of methoxy groups -OCH3 is 2. The molecule has 0 saturated carbocycles. The number of ether oxygens (including phenoxy) is 2. The van der Waals surface area contributed by atoms with Crippen molar-refractivity contribution in [1.82, 2.24) is 0 Å². The van der Waals surface area contributed by atoms with E-state index in [1.807, 2.05) is 0 Å². The molecule has 0 aliphatic rings. The van der Waals surface area contributed by atoms with Crippen LogP contribution in [0.5, 0.6) is 11.5 Å². The normalized spacial score (nSPS) is 10.6. The summed E-state index contributed by atoms with van der Waals surface area (Å²) < 4.78 is 10.3. The molecule has 0 radical (unpaired) electrons. The first-order chi connectivity index (χ1) is 10.5. The van der Waals surface area contributed by atoms with Crippen molar-refractivity contribution in [3.8, 4) is 11.5 Å². The third-order valence-electron chi connectivity index (χ3n) is 2.87. The zero-order chi connectivity index (χ0) is 16.1. The third-order valence-corrected chi connectivity index (χ3v) is 2.87. The average Bonchev–Trinajstić information content (AvgIpc) is 2.53. The van der Waals surface area contributed by atoms with Gasteiger partial charge in [0.05, 0.1) is 30.5 Å². The summed E-state index contributed by atoms with van der Waals surface area (Å²) in [6.45, 7) is 0. The molecular formula is C14H15N4O4+. The molecule has 0 amide bonds. The molecule has 0 bridgehead atoms. The molecule has 0 spiro atoms. The molecule has 0 aromatic heterocycles. The van der Waals surface area contributed by atoms with Crippen LogP contribution in [-0.2, 0) is 0 Å². The fraction of sp³-hybridized carbons (Fsp3) is 0.143. The second-order valence-electron chi connectivity index (χ2n) is 4.26. The number of hydrogen-bond donors (Lipinski definition) is 2. The summed E-state index contributed by atoms with van der Waals surface area (Å²) in [6.07, 6.45) is 0. The largest absolute Gasteiger partial charge is 0.495 e. The van der Waals surface area contributed by atoms with Crippen LogP contribution in [0.25, 0.3) is 0 Å². The molecule has 0 aliphatic carbocycles. The van der Waals surface area contributed by atoms with E-state index in [0.29, 0.717) is 28.6 Å². The number of hydrogen-bond acceptors (Lipinski definition) is 6. The Balaban J connectivity index is 2.30. The smallest absolute Gasteiger partial charge is 0.316 e. The van der Waals surface area contributed by atoms with Crippen LogP contribution in [0.3, 0.4) is 0 Å². The van der Waals surface area contributed by atoms with E-state index in [9.17, 15) is 4.91 Å². The molecule has 2 aromatic carbocycles. The number of nitrogen functional groups attached to an aromatic ring is 1. The fourth-order valence-electron chi connectivity index (χ4n) is 1.74. The van der Waals surface area contributed by atoms with Gasteiger partial charge in [0, 0.05) is 24.3 Å². The quantitative estimate of drug-likeness (QED) is 0.499. The summed E-state index contributed by atoms with van der Waals surface area (Å²) in [5.74, 6) is 0.923. The Morgan fingerprint density at radius 3 is 2.23 bits per heavy atom. The Kier molecular flexibility index (Phi) is 4.52. The maximum atomic E-state index is 10.7. The van der Waals surface area contributed by atoms with Gasteiger partial charge in [0.1, 0.15) is 17.2 Å². The second kappa shape index (κ2) is 6.53. The summed E-state index contributed by atoms with van der Waals surface area (Å²) in [5, 5.41) is 16.9. The van der Waals surface area contributed by atoms with Crippen molar-refractivity contribution in [3.63, 3.8) is 0 Å². The van der Waals surface area contributed by atoms with Crippen molar-refractivity contribution in [2.45, 2.75) is 0 Å². The first-order valence-electron chi connectivity index (χ1n) is 6.24. The number of nitrogens with zero attached hydrogens (tertiary/aromatic N) is 3. The highest BCUT2D eigenvalue weighted by molar-refractivity contribution is 5.67. The minimum atomic E-state index is -0.227. The van der Waals surface area contributed by atoms with Gasteiger partial charge in [-0.2, -0.15) is 5.11 Å². The van der Waals surface area contributed by atoms with Gasteiger partial charge in [0.15, 0.2) is 0 Å². The Bertz CT molecular complexity index is 714. The molecule has 8 nitrogen and oxygen atoms in total. The van der Waals surface area contributed by atoms with Gasteiger partial charge >= 0.3 is 5.69 Å². The Morgan fingerprint density at radius 1 is 1.05 bits per heavy atom. The topological polar surface area (TPSA) is 110 Å². The van der Waals surface area contributed by atoms with Crippen LogP contribution in [-0.4, -0.2) is 24.4 Å². The molecule has 0 heterocycles. The maximum absolute atomic E-state index is 10.7. The van der Waals surface area contributed by atoms with E-state index in [0.717, 1.165) is 0 Å². The van der Waals surface area contributed by atoms with Crippen molar-refractivity contribution in [3.05, 3.63) is 41.3 Å². The lowest BCUT2D eigenvalue weighted by atomic mass is 10.2. The molecule has 0 unspecified atom stereocenters. The van der Waals surface area contributed by atoms with Crippen LogP contribution < -0.4 is 15.2 Å². The SMILES string of the molecule is COc1cc(/N=N/c2ccc([N+](=O)O)cc2)c(OC)cc1N. The zero-order valence-corrected chi connectivity index (χ0v) is 12.1. The van der Waals surface area contributed by atoms with Gasteiger partial charge in [0.25, 0.3) is 4.92 Å². The van der Waals surface area contributed by atoms with Crippen LogP contribution in [0.15, 0.2) is 46.6 Å². The Morgan fingerprint density at radius 2 is 1.68 bits per heavy atom. The van der Waals surface area contributed by atoms with Gasteiger partial charge in [-0.15, -0.1) is 5.11 Å². The molecule has 0 fully saturated rings. The first kappa shape index (κ1) is 15.2. The van der Waals surface area contributed by atoms with Gasteiger partial charge in [-0.1, -0.05) is 0 Å². The predicted molar refractivity (Wildman–Crippen MR) is 79.7 cm³/mol. The monoisotopic (exact) mass is 303 g/mol. The summed E-state index contributed by atoms with van der Waals surface area (Å²) >= 11 is 0. The summed E-state index contributed by atoms with van der Waals surface area (Å²) in [4.78, 5) is 10.5. The van der Waals surface area contributed by atoms with E-state index in [1.54, 1.807) is 24.3 Å². The highest BCUT2D eigenvalue weighted by Gasteiger charge is 2.11. The first-order valence-corrected chi connectivity index (χ1v) is 6.24. The molecular weight excluding hydrogens is 288 g/mol. The van der Waals surface area contributed by atoms with Crippen LogP contribution in [0.2, 0.25) is 0 Å². The molecule has 0 aliphatic heterocycles. The highest BCUT2D eigenvalue weighted by Crippen LogP contribution is 2.37. The molecule has 8 heteroatoms. The van der Waals surface area contributed by atoms with E-state index in [2.05, 4.69) is 10.2 Å². The van der Waals surface area contributed by atoms with E-state index in [4.69, 9.17) is 20.4 Å². The van der Waals surface area contributed by atoms with E-state index in [-0.39, 0.29) is 10.6 Å². The molecule has 2 aromatic rings. The number of benzene rings is 2. The van der Waals surface area contributed by atoms with Gasteiger partial charge in [-0.3, -0.25) is 0 Å². The molecule has 22 heavy (non-hydrogen) atoms. The van der Waals surface area contributed by atoms with Gasteiger partial charge in [0.2, 0.25) is 0 Å². The number of nitrogens with two attached hydrogens (primary N) is 1. The molecule has 2 rings (SSSR count). The lowest BCUT2D eigenvalue weighted by Gasteiger charge is -2.09. The van der Waals surface area contributed by atoms with Crippen LogP contribution in [0, 0.1) is 4.91 Å². The van der Waals surface area contributed by atoms with Crippen LogP contribution in [0.1, 0.15) is 0 Å². The minimum absolute atomic E-state index is 0.102. The molecule has 114 valence electrons. The van der Waals surface area contributed by atoms with Gasteiger partial charge < -0.3 is 15.2 Å². The van der Waals surface area contributed by atoms with Crippen molar-refractivity contribution in [2.24, 2.45) is 10.2 Å². The van der Waals surface area contributed by atoms with Gasteiger partial charge in [-0.05, 0) is 12.1 Å². The highest BCUT2D eigenvalue weighted by atomic mass is 16.6. The van der Waals surface area contributed by atoms with E-state index < -0.39 is 0 Å². The maximum Gasteiger partial charge on any atom is 0.316 e. The van der Waals surface area contributed by atoms with Crippen molar-refractivity contribution in [2.75, 3.05) is 20.0 Å². The standard InChI is InChI=1S/C14H15N4O4/c1-21-13-8-12(14(22-2)7-11(13)15)17-16-9-3-5-10(6-4-9)18(19)20/h3-8H,15H2,1-2H3,(H,19,20)/q+1/b17-16+.